The van der Waals surface area contributed by atoms with Crippen molar-refractivity contribution in [1.29, 1.82) is 0 Å². The van der Waals surface area contributed by atoms with Gasteiger partial charge < -0.3 is 19.2 Å². The molecule has 0 saturated heterocycles. The van der Waals surface area contributed by atoms with Crippen LogP contribution in [0.25, 0.3) is 11.1 Å². The summed E-state index contributed by atoms with van der Waals surface area (Å²) in [5, 5.41) is 1.38. The van der Waals surface area contributed by atoms with Gasteiger partial charge in [-0.05, 0) is 102 Å². The number of ketones is 1. The molecule has 2 unspecified atom stereocenters. The van der Waals surface area contributed by atoms with Crippen molar-refractivity contribution in [1.82, 2.24) is 14.6 Å². The number of rotatable bonds is 10. The third-order valence-electron chi connectivity index (χ3n) is 7.09. The Kier molecular flexibility index (Phi) is 11.3. The Labute approximate surface area is 273 Å². The largest absolute Gasteiger partial charge is 0.598 e. The van der Waals surface area contributed by atoms with Gasteiger partial charge in [-0.25, -0.2) is 17.6 Å². The summed E-state index contributed by atoms with van der Waals surface area (Å²) in [5.41, 5.74) is 0.844. The molecule has 1 heterocycles. The zero-order chi connectivity index (χ0) is 34.8. The number of aryl methyl sites for hydroxylation is 1. The van der Waals surface area contributed by atoms with Crippen molar-refractivity contribution in [3.8, 4) is 11.1 Å². The molecule has 0 radical (unpaired) electrons. The summed E-state index contributed by atoms with van der Waals surface area (Å²) in [6.07, 6.45) is 0.656. The minimum absolute atomic E-state index is 0.171. The number of pyridine rings is 1. The molecule has 0 fully saturated rings. The summed E-state index contributed by atoms with van der Waals surface area (Å²) in [7, 11) is -2.50. The summed E-state index contributed by atoms with van der Waals surface area (Å²) in [5.74, 6) is -1.86. The molecule has 2 N–H and O–H groups in total. The molecular weight excluding hydrogens is 634 g/mol. The summed E-state index contributed by atoms with van der Waals surface area (Å²) in [6, 6.07) is 10.3. The second-order valence-electron chi connectivity index (χ2n) is 13.2. The maximum atomic E-state index is 13.8. The fraction of sp³-hybridized carbons (Fsp3) is 0.424. The lowest BCUT2D eigenvalue weighted by molar-refractivity contribution is 0.103. The first-order valence-corrected chi connectivity index (χ1v) is 17.5. The molecule has 0 aliphatic carbocycles. The molecule has 0 bridgehead atoms. The average Bonchev–Trinajstić information content (AvgIpc) is 2.95. The van der Waals surface area contributed by atoms with Crippen molar-refractivity contribution >= 4 is 33.1 Å². The molecule has 0 aliphatic heterocycles. The van der Waals surface area contributed by atoms with E-state index >= 15 is 0 Å². The van der Waals surface area contributed by atoms with E-state index in [2.05, 4.69) is 10.0 Å². The Morgan fingerprint density at radius 3 is 2.17 bits per heavy atom. The van der Waals surface area contributed by atoms with Crippen LogP contribution in [0.5, 0.6) is 0 Å². The smallest absolute Gasteiger partial charge is 0.408 e. The van der Waals surface area contributed by atoms with Crippen LogP contribution >= 0.6 is 0 Å². The fourth-order valence-electron chi connectivity index (χ4n) is 4.41. The van der Waals surface area contributed by atoms with E-state index in [1.807, 2.05) is 0 Å². The fourth-order valence-corrected chi connectivity index (χ4v) is 6.25. The number of aromatic nitrogens is 1. The van der Waals surface area contributed by atoms with Gasteiger partial charge in [0.25, 0.3) is 5.56 Å². The molecule has 13 heteroatoms. The van der Waals surface area contributed by atoms with E-state index in [0.717, 1.165) is 12.1 Å². The number of carbonyl (C=O) groups is 2. The first-order chi connectivity index (χ1) is 21.1. The molecule has 3 aromatic rings. The highest BCUT2D eigenvalue weighted by Crippen LogP contribution is 2.35. The molecule has 0 saturated carbocycles. The molecule has 250 valence electrons. The molecule has 0 spiro atoms. The third-order valence-corrected chi connectivity index (χ3v) is 10.6. The molecule has 1 aromatic heterocycles. The van der Waals surface area contributed by atoms with Crippen LogP contribution in [0.1, 0.15) is 93.7 Å². The van der Waals surface area contributed by atoms with Crippen molar-refractivity contribution in [3.05, 3.63) is 93.2 Å². The Morgan fingerprint density at radius 2 is 1.61 bits per heavy atom. The summed E-state index contributed by atoms with van der Waals surface area (Å²) in [6.45, 7) is 13.8. The van der Waals surface area contributed by atoms with E-state index in [0.29, 0.717) is 22.3 Å². The number of halogens is 1. The minimum Gasteiger partial charge on any atom is -0.598 e. The standard InChI is InChI=1S/C33H42FN3O7S2/c1-20(36-45(41)33(6,7)8)26-17-29(38)37(9)18-28(26)27-16-23(12-15-25(27)30(39)22-10-13-24(34)14-11-22)21(2)46(42,43)19-44-31(40)35-32(3,4)5/h10-18,20-21,36H,19H2,1-9H3,(H,35,40)/t20?,21?,45-/m0/s1. The van der Waals surface area contributed by atoms with Gasteiger partial charge >= 0.3 is 6.09 Å². The van der Waals surface area contributed by atoms with Crippen molar-refractivity contribution < 1.29 is 31.7 Å². The molecule has 3 rings (SSSR count). The van der Waals surface area contributed by atoms with E-state index in [1.54, 1.807) is 61.6 Å². The van der Waals surface area contributed by atoms with Crippen LogP contribution in [0.2, 0.25) is 0 Å². The van der Waals surface area contributed by atoms with Gasteiger partial charge in [-0.3, -0.25) is 9.59 Å². The number of hydrogen-bond donors (Lipinski definition) is 2. The quantitative estimate of drug-likeness (QED) is 0.212. The molecule has 46 heavy (non-hydrogen) atoms. The van der Waals surface area contributed by atoms with Crippen LogP contribution < -0.4 is 15.6 Å². The number of sulfone groups is 1. The normalized spacial score (nSPS) is 14.3. The number of benzene rings is 2. The van der Waals surface area contributed by atoms with Crippen LogP contribution in [0.3, 0.4) is 0 Å². The van der Waals surface area contributed by atoms with Crippen molar-refractivity contribution in [2.24, 2.45) is 7.05 Å². The predicted octanol–water partition coefficient (Wildman–Crippen LogP) is 5.49. The lowest BCUT2D eigenvalue weighted by Crippen LogP contribution is -2.41. The van der Waals surface area contributed by atoms with E-state index in [9.17, 15) is 31.7 Å². The van der Waals surface area contributed by atoms with E-state index < -0.39 is 66.4 Å². The number of nitrogens with one attached hydrogen (secondary N) is 2. The van der Waals surface area contributed by atoms with Gasteiger partial charge in [0.15, 0.2) is 21.6 Å². The van der Waals surface area contributed by atoms with Crippen molar-refractivity contribution in [2.75, 3.05) is 5.94 Å². The number of hydrogen-bond acceptors (Lipinski definition) is 8. The highest BCUT2D eigenvalue weighted by molar-refractivity contribution is 7.91. The maximum absolute atomic E-state index is 13.8. The topological polar surface area (TPSA) is 147 Å². The maximum Gasteiger partial charge on any atom is 0.408 e. The molecule has 2 aromatic carbocycles. The average molecular weight is 676 g/mol. The van der Waals surface area contributed by atoms with Crippen molar-refractivity contribution in [2.45, 2.75) is 77.0 Å². The van der Waals surface area contributed by atoms with Crippen LogP contribution in [0.15, 0.2) is 59.5 Å². The number of amides is 1. The summed E-state index contributed by atoms with van der Waals surface area (Å²) in [4.78, 5) is 38.8. The first-order valence-electron chi connectivity index (χ1n) is 14.6. The first kappa shape index (κ1) is 36.9. The highest BCUT2D eigenvalue weighted by atomic mass is 32.2. The van der Waals surface area contributed by atoms with Gasteiger partial charge in [0.1, 0.15) is 10.6 Å². The van der Waals surface area contributed by atoms with E-state index in [-0.39, 0.29) is 16.7 Å². The summed E-state index contributed by atoms with van der Waals surface area (Å²) >= 11 is -1.51. The van der Waals surface area contributed by atoms with Crippen LogP contribution in [-0.2, 0) is 33.0 Å². The molecular formula is C33H42FN3O7S2. The Morgan fingerprint density at radius 1 is 1.00 bits per heavy atom. The Balaban J connectivity index is 2.19. The number of ether oxygens (including phenoxy) is 1. The molecule has 10 nitrogen and oxygen atoms in total. The third kappa shape index (κ3) is 9.27. The number of carbonyl (C=O) groups excluding carboxylic acids is 2. The lowest BCUT2D eigenvalue weighted by atomic mass is 9.89. The van der Waals surface area contributed by atoms with Crippen molar-refractivity contribution in [3.63, 3.8) is 0 Å². The Bertz CT molecular complexity index is 1760. The molecule has 1 amide bonds. The van der Waals surface area contributed by atoms with E-state index in [4.69, 9.17) is 4.74 Å². The lowest BCUT2D eigenvalue weighted by Gasteiger charge is -2.28. The van der Waals surface area contributed by atoms with Gasteiger partial charge in [-0.15, -0.1) is 4.72 Å². The van der Waals surface area contributed by atoms with Gasteiger partial charge in [-0.1, -0.05) is 12.1 Å². The van der Waals surface area contributed by atoms with Gasteiger partial charge in [0.05, 0.1) is 11.3 Å². The Hall–Kier alpha value is -3.52. The molecule has 0 aliphatic rings. The number of alkyl carbamates (subject to hydrolysis) is 1. The zero-order valence-electron chi connectivity index (χ0n) is 27.6. The second-order valence-corrected chi connectivity index (χ2v) is 17.4. The SMILES string of the molecule is CC(N[S@@+]([O-])C(C)(C)C)c1cc(=O)n(C)cc1-c1cc(C(C)S(=O)(=O)COC(=O)NC(C)(C)C)ccc1C(=O)c1ccc(F)cc1. The number of nitrogens with zero attached hydrogens (tertiary/aromatic N) is 1. The van der Waals surface area contributed by atoms with Crippen LogP contribution in [0, 0.1) is 5.82 Å². The zero-order valence-corrected chi connectivity index (χ0v) is 29.2. The highest BCUT2D eigenvalue weighted by Gasteiger charge is 2.31. The minimum atomic E-state index is -4.04. The van der Waals surface area contributed by atoms with E-state index in [1.165, 1.54) is 48.0 Å². The second kappa shape index (κ2) is 14.1. The monoisotopic (exact) mass is 675 g/mol. The summed E-state index contributed by atoms with van der Waals surface area (Å²) < 4.78 is 62.1. The van der Waals surface area contributed by atoms with Crippen LogP contribution in [0.4, 0.5) is 9.18 Å². The molecule has 3 atom stereocenters. The van der Waals surface area contributed by atoms with Crippen LogP contribution in [-0.4, -0.2) is 45.6 Å². The van der Waals surface area contributed by atoms with Gasteiger partial charge in [0.2, 0.25) is 0 Å². The van der Waals surface area contributed by atoms with Gasteiger partial charge in [0, 0.05) is 52.9 Å². The predicted molar refractivity (Wildman–Crippen MR) is 178 cm³/mol. The van der Waals surface area contributed by atoms with Gasteiger partial charge in [-0.2, -0.15) is 0 Å².